The van der Waals surface area contributed by atoms with Crippen molar-refractivity contribution in [3.05, 3.63) is 82.7 Å². The van der Waals surface area contributed by atoms with E-state index in [2.05, 4.69) is 5.32 Å². The fraction of sp³-hybridized carbons (Fsp3) is 0.158. The second-order valence-electron chi connectivity index (χ2n) is 5.79. The summed E-state index contributed by atoms with van der Waals surface area (Å²) in [5.74, 6) is -0.449. The monoisotopic (exact) mass is 392 g/mol. The normalized spacial score (nSPS) is 11.2. The van der Waals surface area contributed by atoms with Crippen LogP contribution in [0.15, 0.2) is 70.0 Å². The van der Waals surface area contributed by atoms with Crippen molar-refractivity contribution in [1.29, 1.82) is 0 Å². The van der Waals surface area contributed by atoms with Crippen molar-refractivity contribution in [1.82, 2.24) is 4.57 Å². The van der Waals surface area contributed by atoms with Gasteiger partial charge in [0, 0.05) is 12.3 Å². The van der Waals surface area contributed by atoms with Gasteiger partial charge in [-0.05, 0) is 30.3 Å². The number of carbonyl (C=O) groups is 1. The largest absolute Gasteiger partial charge is 0.482 e. The number of benzene rings is 1. The molecule has 0 aliphatic heterocycles. The molecular formula is C19H15F3N2O4. The number of nitrogens with one attached hydrogen (secondary N) is 1. The Kier molecular flexibility index (Phi) is 5.53. The highest BCUT2D eigenvalue weighted by molar-refractivity contribution is 6.03. The zero-order valence-electron chi connectivity index (χ0n) is 14.4. The minimum atomic E-state index is -4.50. The summed E-state index contributed by atoms with van der Waals surface area (Å²) in [5, 5.41) is 2.46. The molecule has 0 aliphatic rings. The van der Waals surface area contributed by atoms with Gasteiger partial charge in [-0.2, -0.15) is 13.2 Å². The topological polar surface area (TPSA) is 73.5 Å². The highest BCUT2D eigenvalue weighted by atomic mass is 19.4. The summed E-state index contributed by atoms with van der Waals surface area (Å²) in [7, 11) is 0. The van der Waals surface area contributed by atoms with Crippen LogP contribution >= 0.6 is 0 Å². The summed E-state index contributed by atoms with van der Waals surface area (Å²) in [5.41, 5.74) is -0.144. The Hall–Kier alpha value is -3.49. The zero-order chi connectivity index (χ0) is 20.1. The van der Waals surface area contributed by atoms with E-state index in [1.807, 2.05) is 0 Å². The van der Waals surface area contributed by atoms with Gasteiger partial charge in [-0.3, -0.25) is 9.59 Å². The molecule has 0 spiro atoms. The SMILES string of the molecule is O=C(Nc1ccccc1OCC(F)(F)F)c1ccc(Cn2ccccc2=O)o1. The Bertz CT molecular complexity index is 1020. The molecule has 2 aromatic heterocycles. The molecule has 0 radical (unpaired) electrons. The Morgan fingerprint density at radius 3 is 2.57 bits per heavy atom. The summed E-state index contributed by atoms with van der Waals surface area (Å²) in [6, 6.07) is 13.4. The average molecular weight is 392 g/mol. The van der Waals surface area contributed by atoms with Crippen molar-refractivity contribution >= 4 is 11.6 Å². The summed E-state index contributed by atoms with van der Waals surface area (Å²) in [4.78, 5) is 24.1. The lowest BCUT2D eigenvalue weighted by Crippen LogP contribution is -2.20. The van der Waals surface area contributed by atoms with Crippen molar-refractivity contribution in [3.63, 3.8) is 0 Å². The number of hydrogen-bond acceptors (Lipinski definition) is 4. The van der Waals surface area contributed by atoms with Crippen LogP contribution in [0.3, 0.4) is 0 Å². The zero-order valence-corrected chi connectivity index (χ0v) is 14.4. The van der Waals surface area contributed by atoms with Crippen molar-refractivity contribution in [2.45, 2.75) is 12.7 Å². The van der Waals surface area contributed by atoms with Gasteiger partial charge in [0.2, 0.25) is 0 Å². The van der Waals surface area contributed by atoms with Gasteiger partial charge in [-0.25, -0.2) is 0 Å². The first-order valence-corrected chi connectivity index (χ1v) is 8.16. The van der Waals surface area contributed by atoms with Gasteiger partial charge < -0.3 is 19.0 Å². The maximum atomic E-state index is 12.4. The number of rotatable bonds is 6. The number of amides is 1. The van der Waals surface area contributed by atoms with Crippen molar-refractivity contribution in [2.24, 2.45) is 0 Å². The number of ether oxygens (including phenoxy) is 1. The number of nitrogens with zero attached hydrogens (tertiary/aromatic N) is 1. The molecule has 1 amide bonds. The van der Waals surface area contributed by atoms with Gasteiger partial charge in [0.15, 0.2) is 12.4 Å². The fourth-order valence-corrected chi connectivity index (χ4v) is 2.38. The Labute approximate surface area is 157 Å². The van der Waals surface area contributed by atoms with E-state index in [9.17, 15) is 22.8 Å². The lowest BCUT2D eigenvalue weighted by Gasteiger charge is -2.13. The number of para-hydroxylation sites is 2. The van der Waals surface area contributed by atoms with Gasteiger partial charge in [0.05, 0.1) is 12.2 Å². The van der Waals surface area contributed by atoms with E-state index < -0.39 is 18.7 Å². The van der Waals surface area contributed by atoms with Crippen LogP contribution in [0.1, 0.15) is 16.3 Å². The Morgan fingerprint density at radius 2 is 1.82 bits per heavy atom. The molecule has 0 atom stereocenters. The van der Waals surface area contributed by atoms with Crippen molar-refractivity contribution in [2.75, 3.05) is 11.9 Å². The molecule has 146 valence electrons. The number of halogens is 3. The third-order valence-corrected chi connectivity index (χ3v) is 3.64. The first-order chi connectivity index (χ1) is 13.3. The first kappa shape index (κ1) is 19.3. The third-order valence-electron chi connectivity index (χ3n) is 3.64. The summed E-state index contributed by atoms with van der Waals surface area (Å²) < 4.78 is 48.6. The van der Waals surface area contributed by atoms with Crippen molar-refractivity contribution < 1.29 is 27.1 Å². The van der Waals surface area contributed by atoms with E-state index in [0.717, 1.165) is 0 Å². The molecular weight excluding hydrogens is 377 g/mol. The predicted octanol–water partition coefficient (Wildman–Crippen LogP) is 3.68. The quantitative estimate of drug-likeness (QED) is 0.695. The lowest BCUT2D eigenvalue weighted by molar-refractivity contribution is -0.153. The van der Waals surface area contributed by atoms with Crippen LogP contribution in [0, 0.1) is 0 Å². The second kappa shape index (κ2) is 8.03. The summed E-state index contributed by atoms with van der Waals surface area (Å²) in [6.45, 7) is -1.34. The molecule has 1 aromatic carbocycles. The number of anilines is 1. The highest BCUT2D eigenvalue weighted by Gasteiger charge is 2.29. The molecule has 0 aliphatic carbocycles. The van der Waals surface area contributed by atoms with Crippen LogP contribution in [0.2, 0.25) is 0 Å². The molecule has 0 saturated carbocycles. The average Bonchev–Trinajstić information content (AvgIpc) is 3.11. The highest BCUT2D eigenvalue weighted by Crippen LogP contribution is 2.27. The molecule has 0 unspecified atom stereocenters. The Morgan fingerprint density at radius 1 is 1.07 bits per heavy atom. The maximum absolute atomic E-state index is 12.4. The molecule has 0 saturated heterocycles. The number of hydrogen-bond donors (Lipinski definition) is 1. The van der Waals surface area contributed by atoms with Crippen LogP contribution < -0.4 is 15.6 Å². The van der Waals surface area contributed by atoms with E-state index in [4.69, 9.17) is 9.15 Å². The molecule has 0 fully saturated rings. The van der Waals surface area contributed by atoms with Gasteiger partial charge in [-0.1, -0.05) is 18.2 Å². The van der Waals surface area contributed by atoms with Gasteiger partial charge >= 0.3 is 6.18 Å². The maximum Gasteiger partial charge on any atom is 0.422 e. The van der Waals surface area contributed by atoms with Crippen LogP contribution in [-0.4, -0.2) is 23.3 Å². The second-order valence-corrected chi connectivity index (χ2v) is 5.79. The van der Waals surface area contributed by atoms with E-state index in [1.165, 1.54) is 34.9 Å². The first-order valence-electron chi connectivity index (χ1n) is 8.16. The minimum absolute atomic E-state index is 0.0513. The molecule has 28 heavy (non-hydrogen) atoms. The smallest absolute Gasteiger partial charge is 0.422 e. The van der Waals surface area contributed by atoms with E-state index in [0.29, 0.717) is 5.76 Å². The van der Waals surface area contributed by atoms with Crippen LogP contribution in [0.4, 0.5) is 18.9 Å². The molecule has 9 heteroatoms. The lowest BCUT2D eigenvalue weighted by atomic mass is 10.3. The van der Waals surface area contributed by atoms with E-state index in [-0.39, 0.29) is 29.3 Å². The van der Waals surface area contributed by atoms with Gasteiger partial charge in [0.25, 0.3) is 11.5 Å². The Balaban J connectivity index is 1.70. The minimum Gasteiger partial charge on any atom is -0.482 e. The number of aromatic nitrogens is 1. The molecule has 1 N–H and O–H groups in total. The molecule has 2 heterocycles. The summed E-state index contributed by atoms with van der Waals surface area (Å²) in [6.07, 6.45) is -2.92. The number of carbonyl (C=O) groups excluding carboxylic acids is 1. The molecule has 3 rings (SSSR count). The van der Waals surface area contributed by atoms with E-state index >= 15 is 0 Å². The predicted molar refractivity (Wildman–Crippen MR) is 94.5 cm³/mol. The standard InChI is InChI=1S/C19H15F3N2O4/c20-19(21,22)12-27-15-6-2-1-5-14(15)23-18(26)16-9-8-13(28-16)11-24-10-4-3-7-17(24)25/h1-10H,11-12H2,(H,23,26). The van der Waals surface area contributed by atoms with Crippen LogP contribution in [0.5, 0.6) is 5.75 Å². The van der Waals surface area contributed by atoms with Crippen molar-refractivity contribution in [3.8, 4) is 5.75 Å². The number of alkyl halides is 3. The molecule has 6 nitrogen and oxygen atoms in total. The molecule has 3 aromatic rings. The van der Waals surface area contributed by atoms with Crippen LogP contribution in [-0.2, 0) is 6.54 Å². The molecule has 0 bridgehead atoms. The fourth-order valence-electron chi connectivity index (χ4n) is 2.38. The van der Waals surface area contributed by atoms with Crippen LogP contribution in [0.25, 0.3) is 0 Å². The summed E-state index contributed by atoms with van der Waals surface area (Å²) >= 11 is 0. The number of furan rings is 1. The third kappa shape index (κ3) is 5.03. The van der Waals surface area contributed by atoms with E-state index in [1.54, 1.807) is 30.5 Å². The van der Waals surface area contributed by atoms with Gasteiger partial charge in [-0.15, -0.1) is 0 Å². The van der Waals surface area contributed by atoms with Gasteiger partial charge in [0.1, 0.15) is 11.5 Å². The number of pyridine rings is 1.